The summed E-state index contributed by atoms with van der Waals surface area (Å²) in [5, 5.41) is 31.7. The van der Waals surface area contributed by atoms with Crippen LogP contribution in [-0.2, 0) is 32.8 Å². The van der Waals surface area contributed by atoms with Crippen molar-refractivity contribution in [3.05, 3.63) is 123 Å². The van der Waals surface area contributed by atoms with Crippen molar-refractivity contribution in [1.29, 1.82) is 0 Å². The number of hydrogen-bond acceptors (Lipinski definition) is 10. The van der Waals surface area contributed by atoms with Gasteiger partial charge in [-0.05, 0) is 84.8 Å². The topological polar surface area (TPSA) is 194 Å². The second kappa shape index (κ2) is 13.2. The van der Waals surface area contributed by atoms with Gasteiger partial charge in [0.2, 0.25) is 9.84 Å². The minimum absolute atomic E-state index is 0.00154. The zero-order valence-electron chi connectivity index (χ0n) is 22.5. The molecular formula is C29H25N3O10S. The first kappa shape index (κ1) is 30.8. The maximum absolute atomic E-state index is 13.1. The van der Waals surface area contributed by atoms with Gasteiger partial charge in [-0.25, -0.2) is 18.1 Å². The van der Waals surface area contributed by atoms with E-state index in [-0.39, 0.29) is 45.5 Å². The fraction of sp³-hybridized carbons (Fsp3) is 0.103. The van der Waals surface area contributed by atoms with Gasteiger partial charge in [0.15, 0.2) is 0 Å². The van der Waals surface area contributed by atoms with Crippen LogP contribution in [0.3, 0.4) is 0 Å². The molecule has 43 heavy (non-hydrogen) atoms. The lowest BCUT2D eigenvalue weighted by molar-refractivity contribution is -0.385. The molecule has 0 aromatic heterocycles. The van der Waals surface area contributed by atoms with E-state index in [0.29, 0.717) is 22.4 Å². The van der Waals surface area contributed by atoms with Crippen LogP contribution in [0.1, 0.15) is 37.4 Å². The fourth-order valence-electron chi connectivity index (χ4n) is 4.05. The van der Waals surface area contributed by atoms with E-state index in [1.165, 1.54) is 78.9 Å². The number of hydrogen-bond donors (Lipinski definition) is 4. The van der Waals surface area contributed by atoms with Crippen LogP contribution in [0.2, 0.25) is 0 Å². The summed E-state index contributed by atoms with van der Waals surface area (Å²) in [4.78, 5) is 44.1. The number of nitrogens with zero attached hydrogens (tertiary/aromatic N) is 1. The highest BCUT2D eigenvalue weighted by Crippen LogP contribution is 2.25. The van der Waals surface area contributed by atoms with E-state index < -0.39 is 26.6 Å². The van der Waals surface area contributed by atoms with Crippen molar-refractivity contribution < 1.29 is 43.0 Å². The van der Waals surface area contributed by atoms with Crippen LogP contribution in [-0.4, -0.2) is 35.6 Å². The molecule has 222 valence electrons. The normalized spacial score (nSPS) is 11.1. The highest BCUT2D eigenvalue weighted by atomic mass is 32.2. The van der Waals surface area contributed by atoms with E-state index in [1.807, 2.05) is 0 Å². The molecule has 4 rings (SSSR count). The predicted molar refractivity (Wildman–Crippen MR) is 153 cm³/mol. The molecule has 0 fully saturated rings. The summed E-state index contributed by atoms with van der Waals surface area (Å²) >= 11 is 0. The van der Waals surface area contributed by atoms with Crippen LogP contribution in [0.15, 0.2) is 94.7 Å². The molecule has 0 bridgehead atoms. The van der Waals surface area contributed by atoms with Crippen molar-refractivity contribution in [1.82, 2.24) is 0 Å². The first-order chi connectivity index (χ1) is 20.5. The molecule has 0 unspecified atom stereocenters. The molecule has 1 amide bonds. The second-order valence-corrected chi connectivity index (χ2v) is 11.2. The highest BCUT2D eigenvalue weighted by molar-refractivity contribution is 7.91. The molecular weight excluding hydrogens is 582 g/mol. The highest BCUT2D eigenvalue weighted by Gasteiger charge is 2.20. The molecule has 0 heterocycles. The molecule has 4 aromatic rings. The monoisotopic (exact) mass is 607 g/mol. The van der Waals surface area contributed by atoms with Gasteiger partial charge in [0.1, 0.15) is 6.61 Å². The van der Waals surface area contributed by atoms with Crippen LogP contribution < -0.4 is 10.8 Å². The summed E-state index contributed by atoms with van der Waals surface area (Å²) in [5.74, 6) is -1.89. The fourth-order valence-corrected chi connectivity index (χ4v) is 5.32. The second-order valence-electron chi connectivity index (χ2n) is 9.23. The summed E-state index contributed by atoms with van der Waals surface area (Å²) in [6.45, 7) is 1.39. The number of amides is 1. The number of carboxylic acids is 1. The lowest BCUT2D eigenvalue weighted by Crippen LogP contribution is -2.16. The first-order valence-electron chi connectivity index (χ1n) is 12.5. The van der Waals surface area contributed by atoms with Crippen LogP contribution in [0, 0.1) is 17.0 Å². The third-order valence-electron chi connectivity index (χ3n) is 6.28. The summed E-state index contributed by atoms with van der Waals surface area (Å²) < 4.78 is 26.3. The standard InChI is InChI=1S/C29H25N3O10S/c1-18-2-13-26(27(14-18)29(34)35)28(33)30-21-4-9-24(10-5-21)43(39,40)25-11-6-22(7-12-25)31-41-16-19-3-8-23(32(36)37)15-20(19)17-42-38/h2-15,31,38H,16-17H2,1H3,(H,30,33)(H,34,35). The largest absolute Gasteiger partial charge is 0.478 e. The molecule has 14 heteroatoms. The summed E-state index contributed by atoms with van der Waals surface area (Å²) in [7, 11) is -3.91. The Morgan fingerprint density at radius 3 is 2.05 bits per heavy atom. The third kappa shape index (κ3) is 7.38. The molecule has 0 radical (unpaired) electrons. The molecule has 0 aliphatic carbocycles. The van der Waals surface area contributed by atoms with Crippen molar-refractivity contribution in [2.75, 3.05) is 10.8 Å². The van der Waals surface area contributed by atoms with E-state index in [4.69, 9.17) is 10.1 Å². The molecule has 4 aromatic carbocycles. The smallest absolute Gasteiger partial charge is 0.336 e. The van der Waals surface area contributed by atoms with Gasteiger partial charge in [-0.1, -0.05) is 11.6 Å². The minimum Gasteiger partial charge on any atom is -0.478 e. The minimum atomic E-state index is -3.91. The Morgan fingerprint density at radius 2 is 1.47 bits per heavy atom. The summed E-state index contributed by atoms with van der Waals surface area (Å²) in [5.41, 5.74) is 4.58. The number of anilines is 2. The molecule has 0 saturated carbocycles. The quantitative estimate of drug-likeness (QED) is 0.0936. The maximum atomic E-state index is 13.1. The number of non-ortho nitro benzene ring substituents is 1. The van der Waals surface area contributed by atoms with Gasteiger partial charge >= 0.3 is 5.97 Å². The van der Waals surface area contributed by atoms with Gasteiger partial charge in [-0.15, -0.1) is 0 Å². The summed E-state index contributed by atoms with van der Waals surface area (Å²) in [6.07, 6.45) is 0. The van der Waals surface area contributed by atoms with E-state index in [0.717, 1.165) is 0 Å². The predicted octanol–water partition coefficient (Wildman–Crippen LogP) is 5.22. The number of aryl methyl sites for hydroxylation is 1. The van der Waals surface area contributed by atoms with Crippen LogP contribution in [0.5, 0.6) is 0 Å². The SMILES string of the molecule is Cc1ccc(C(=O)Nc2ccc(S(=O)(=O)c3ccc(NOCc4ccc([N+](=O)[O-])cc4COO)cc3)cc2)c(C(=O)O)c1. The molecule has 13 nitrogen and oxygen atoms in total. The number of nitro benzene ring substituents is 1. The molecule has 4 N–H and O–H groups in total. The number of carbonyl (C=O) groups excluding carboxylic acids is 1. The van der Waals surface area contributed by atoms with Crippen molar-refractivity contribution in [2.24, 2.45) is 0 Å². The zero-order chi connectivity index (χ0) is 31.1. The Kier molecular flexibility index (Phi) is 9.47. The molecule has 0 saturated heterocycles. The van der Waals surface area contributed by atoms with E-state index in [2.05, 4.69) is 15.7 Å². The first-order valence-corrected chi connectivity index (χ1v) is 14.0. The van der Waals surface area contributed by atoms with Gasteiger partial charge in [-0.3, -0.25) is 30.5 Å². The number of rotatable bonds is 12. The Balaban J connectivity index is 1.39. The molecule has 0 aliphatic rings. The van der Waals surface area contributed by atoms with Crippen molar-refractivity contribution in [3.8, 4) is 0 Å². The van der Waals surface area contributed by atoms with Crippen molar-refractivity contribution in [3.63, 3.8) is 0 Å². The number of sulfone groups is 1. The zero-order valence-corrected chi connectivity index (χ0v) is 23.3. The lowest BCUT2D eigenvalue weighted by Gasteiger charge is -2.11. The Labute approximate surface area is 245 Å². The van der Waals surface area contributed by atoms with Gasteiger partial charge in [0, 0.05) is 17.8 Å². The number of carbonyl (C=O) groups is 2. The summed E-state index contributed by atoms with van der Waals surface area (Å²) in [6, 6.07) is 19.6. The molecule has 0 spiro atoms. The Bertz CT molecular complexity index is 1770. The number of nitro groups is 1. The van der Waals surface area contributed by atoms with Gasteiger partial charge < -0.3 is 10.4 Å². The van der Waals surface area contributed by atoms with Gasteiger partial charge in [0.05, 0.1) is 38.1 Å². The Morgan fingerprint density at radius 1 is 0.837 bits per heavy atom. The van der Waals surface area contributed by atoms with Crippen molar-refractivity contribution in [2.45, 2.75) is 29.9 Å². The van der Waals surface area contributed by atoms with Crippen LogP contribution in [0.25, 0.3) is 0 Å². The van der Waals surface area contributed by atoms with E-state index >= 15 is 0 Å². The molecule has 0 aliphatic heterocycles. The third-order valence-corrected chi connectivity index (χ3v) is 8.06. The van der Waals surface area contributed by atoms with Gasteiger partial charge in [0.25, 0.3) is 11.6 Å². The van der Waals surface area contributed by atoms with Crippen LogP contribution >= 0.6 is 0 Å². The number of nitrogens with one attached hydrogen (secondary N) is 2. The van der Waals surface area contributed by atoms with E-state index in [9.17, 15) is 33.2 Å². The molecule has 0 atom stereocenters. The maximum Gasteiger partial charge on any atom is 0.336 e. The van der Waals surface area contributed by atoms with Crippen molar-refractivity contribution >= 4 is 38.8 Å². The Hall–Kier alpha value is -5.15. The van der Waals surface area contributed by atoms with Crippen LogP contribution in [0.4, 0.5) is 17.1 Å². The average Bonchev–Trinajstić information content (AvgIpc) is 2.98. The lowest BCUT2D eigenvalue weighted by atomic mass is 10.0. The number of aromatic carboxylic acids is 1. The number of benzene rings is 4. The van der Waals surface area contributed by atoms with Gasteiger partial charge in [-0.2, -0.15) is 0 Å². The average molecular weight is 608 g/mol. The number of carboxylic acid groups (broad SMARTS) is 1. The van der Waals surface area contributed by atoms with E-state index in [1.54, 1.807) is 13.0 Å².